The number of nitrogens with zero attached hydrogens (tertiary/aromatic N) is 1. The predicted molar refractivity (Wildman–Crippen MR) is 86.8 cm³/mol. The molecule has 22 heavy (non-hydrogen) atoms. The number of sulfonamides is 1. The largest absolute Gasteiger partial charge is 0.340 e. The van der Waals surface area contributed by atoms with Gasteiger partial charge in [0.15, 0.2) is 0 Å². The Labute approximate surface area is 132 Å². The molecule has 1 heterocycles. The molecule has 2 rings (SSSR count). The van der Waals surface area contributed by atoms with Crippen molar-refractivity contribution in [1.82, 2.24) is 9.62 Å². The molecule has 0 aliphatic carbocycles. The van der Waals surface area contributed by atoms with E-state index in [1.165, 1.54) is 0 Å². The average Bonchev–Trinajstić information content (AvgIpc) is 2.81. The van der Waals surface area contributed by atoms with Crippen molar-refractivity contribution >= 4 is 15.9 Å². The van der Waals surface area contributed by atoms with Crippen LogP contribution >= 0.6 is 0 Å². The molecule has 1 aliphatic rings. The van der Waals surface area contributed by atoms with Crippen LogP contribution in [0.4, 0.5) is 0 Å². The van der Waals surface area contributed by atoms with E-state index in [1.54, 1.807) is 4.90 Å². The predicted octanol–water partition coefficient (Wildman–Crippen LogP) is 1.67. The minimum absolute atomic E-state index is 0.0196. The fourth-order valence-corrected chi connectivity index (χ4v) is 4.04. The van der Waals surface area contributed by atoms with E-state index in [2.05, 4.69) is 4.72 Å². The lowest BCUT2D eigenvalue weighted by Gasteiger charge is -2.21. The van der Waals surface area contributed by atoms with Gasteiger partial charge in [0.1, 0.15) is 0 Å². The Hall–Kier alpha value is -1.40. The van der Waals surface area contributed by atoms with Gasteiger partial charge in [0, 0.05) is 25.6 Å². The van der Waals surface area contributed by atoms with E-state index in [1.807, 2.05) is 45.0 Å². The van der Waals surface area contributed by atoms with E-state index in [-0.39, 0.29) is 23.6 Å². The Bertz CT molecular complexity index is 641. The molecule has 1 unspecified atom stereocenters. The van der Waals surface area contributed by atoms with Crippen molar-refractivity contribution in [3.8, 4) is 0 Å². The molecule has 1 amide bonds. The summed E-state index contributed by atoms with van der Waals surface area (Å²) in [6, 6.07) is 7.63. The highest BCUT2D eigenvalue weighted by molar-refractivity contribution is 7.88. The third-order valence-electron chi connectivity index (χ3n) is 4.06. The van der Waals surface area contributed by atoms with E-state index in [0.717, 1.165) is 11.1 Å². The highest BCUT2D eigenvalue weighted by atomic mass is 32.2. The van der Waals surface area contributed by atoms with Crippen molar-refractivity contribution in [2.45, 2.75) is 39.0 Å². The Morgan fingerprint density at radius 1 is 1.32 bits per heavy atom. The average molecular weight is 324 g/mol. The molecule has 1 aromatic carbocycles. The van der Waals surface area contributed by atoms with Gasteiger partial charge in [0.05, 0.1) is 5.75 Å². The van der Waals surface area contributed by atoms with E-state index in [4.69, 9.17) is 0 Å². The third kappa shape index (κ3) is 4.30. The highest BCUT2D eigenvalue weighted by Gasteiger charge is 2.31. The van der Waals surface area contributed by atoms with Gasteiger partial charge in [-0.2, -0.15) is 0 Å². The molecular formula is C16H24N2O3S. The van der Waals surface area contributed by atoms with Gasteiger partial charge in [-0.1, -0.05) is 24.3 Å². The zero-order chi connectivity index (χ0) is 16.3. The normalized spacial score (nSPS) is 19.2. The summed E-state index contributed by atoms with van der Waals surface area (Å²) in [5.74, 6) is 0.147. The second-order valence-electron chi connectivity index (χ2n) is 6.24. The molecule has 0 aromatic heterocycles. The molecular weight excluding hydrogens is 300 g/mol. The second-order valence-corrected chi connectivity index (χ2v) is 8.05. The Kier molecular flexibility index (Phi) is 5.24. The summed E-state index contributed by atoms with van der Waals surface area (Å²) in [5.41, 5.74) is 1.77. The van der Waals surface area contributed by atoms with Crippen LogP contribution in [0.1, 0.15) is 31.4 Å². The lowest BCUT2D eigenvalue weighted by molar-refractivity contribution is -0.129. The van der Waals surface area contributed by atoms with Gasteiger partial charge in [-0.15, -0.1) is 0 Å². The summed E-state index contributed by atoms with van der Waals surface area (Å²) in [5, 5.41) is 0. The Balaban J connectivity index is 1.91. The van der Waals surface area contributed by atoms with Gasteiger partial charge >= 0.3 is 0 Å². The number of hydrogen-bond acceptors (Lipinski definition) is 3. The van der Waals surface area contributed by atoms with E-state index >= 15 is 0 Å². The second kappa shape index (κ2) is 6.79. The van der Waals surface area contributed by atoms with Crippen LogP contribution in [0.2, 0.25) is 0 Å². The number of hydrogen-bond donors (Lipinski definition) is 1. The molecule has 1 fully saturated rings. The maximum Gasteiger partial charge on any atom is 0.223 e. The van der Waals surface area contributed by atoms with Crippen LogP contribution in [-0.2, 0) is 20.6 Å². The monoisotopic (exact) mass is 324 g/mol. The molecule has 122 valence electrons. The highest BCUT2D eigenvalue weighted by Crippen LogP contribution is 2.20. The Morgan fingerprint density at radius 2 is 2.00 bits per heavy atom. The molecule has 0 bridgehead atoms. The standard InChI is InChI=1S/C16H24N2O3S/c1-12(2)18-10-14(8-16(18)19)9-17-22(20,21)11-15-7-5-4-6-13(15)3/h4-7,12,14,17H,8-11H2,1-3H3. The number of nitrogens with one attached hydrogen (secondary N) is 1. The molecule has 1 aromatic rings. The first-order valence-electron chi connectivity index (χ1n) is 7.60. The number of rotatable bonds is 6. The fourth-order valence-electron chi connectivity index (χ4n) is 2.72. The molecule has 1 atom stereocenters. The van der Waals surface area contributed by atoms with Crippen LogP contribution in [0, 0.1) is 12.8 Å². The lowest BCUT2D eigenvalue weighted by atomic mass is 10.1. The number of benzene rings is 1. The SMILES string of the molecule is Cc1ccccc1CS(=O)(=O)NCC1CC(=O)N(C(C)C)C1. The van der Waals surface area contributed by atoms with Crippen molar-refractivity contribution in [1.29, 1.82) is 0 Å². The van der Waals surface area contributed by atoms with E-state index in [9.17, 15) is 13.2 Å². The first-order valence-corrected chi connectivity index (χ1v) is 9.25. The summed E-state index contributed by atoms with van der Waals surface area (Å²) < 4.78 is 27.0. The number of aryl methyl sites for hydroxylation is 1. The summed E-state index contributed by atoms with van der Waals surface area (Å²) in [6.07, 6.45) is 0.422. The number of carbonyl (C=O) groups is 1. The van der Waals surface area contributed by atoms with Gasteiger partial charge in [-0.25, -0.2) is 13.1 Å². The first-order chi connectivity index (χ1) is 10.3. The van der Waals surface area contributed by atoms with Gasteiger partial charge in [-0.3, -0.25) is 4.79 Å². The zero-order valence-corrected chi connectivity index (χ0v) is 14.2. The van der Waals surface area contributed by atoms with E-state index in [0.29, 0.717) is 19.5 Å². The van der Waals surface area contributed by atoms with Gasteiger partial charge < -0.3 is 4.90 Å². The van der Waals surface area contributed by atoms with Crippen LogP contribution in [0.25, 0.3) is 0 Å². The molecule has 0 spiro atoms. The van der Waals surface area contributed by atoms with E-state index < -0.39 is 10.0 Å². The molecule has 5 nitrogen and oxygen atoms in total. The summed E-state index contributed by atoms with van der Waals surface area (Å²) >= 11 is 0. The van der Waals surface area contributed by atoms with Crippen molar-refractivity contribution < 1.29 is 13.2 Å². The molecule has 1 aliphatic heterocycles. The lowest BCUT2D eigenvalue weighted by Crippen LogP contribution is -2.34. The first kappa shape index (κ1) is 17.0. The number of likely N-dealkylation sites (tertiary alicyclic amines) is 1. The van der Waals surface area contributed by atoms with Crippen LogP contribution in [-0.4, -0.2) is 38.4 Å². The van der Waals surface area contributed by atoms with Gasteiger partial charge in [0.2, 0.25) is 15.9 Å². The van der Waals surface area contributed by atoms with Gasteiger partial charge in [-0.05, 0) is 37.8 Å². The number of amides is 1. The molecule has 0 radical (unpaired) electrons. The number of carbonyl (C=O) groups excluding carboxylic acids is 1. The van der Waals surface area contributed by atoms with Crippen molar-refractivity contribution in [2.75, 3.05) is 13.1 Å². The summed E-state index contributed by atoms with van der Waals surface area (Å²) in [7, 11) is -3.38. The molecule has 1 N–H and O–H groups in total. The maximum atomic E-state index is 12.2. The molecule has 0 saturated carbocycles. The topological polar surface area (TPSA) is 66.5 Å². The smallest absolute Gasteiger partial charge is 0.223 e. The van der Waals surface area contributed by atoms with Crippen LogP contribution in [0.5, 0.6) is 0 Å². The van der Waals surface area contributed by atoms with Crippen LogP contribution in [0.3, 0.4) is 0 Å². The Morgan fingerprint density at radius 3 is 2.59 bits per heavy atom. The van der Waals surface area contributed by atoms with Crippen molar-refractivity contribution in [3.63, 3.8) is 0 Å². The minimum atomic E-state index is -3.38. The minimum Gasteiger partial charge on any atom is -0.340 e. The quantitative estimate of drug-likeness (QED) is 0.865. The molecule has 6 heteroatoms. The van der Waals surface area contributed by atoms with Crippen LogP contribution < -0.4 is 4.72 Å². The summed E-state index contributed by atoms with van der Waals surface area (Å²) in [4.78, 5) is 13.6. The van der Waals surface area contributed by atoms with Gasteiger partial charge in [0.25, 0.3) is 0 Å². The maximum absolute atomic E-state index is 12.2. The summed E-state index contributed by atoms with van der Waals surface area (Å²) in [6.45, 7) is 6.80. The fraction of sp³-hybridized carbons (Fsp3) is 0.562. The molecule has 1 saturated heterocycles. The van der Waals surface area contributed by atoms with Crippen LogP contribution in [0.15, 0.2) is 24.3 Å². The van der Waals surface area contributed by atoms with Crippen molar-refractivity contribution in [3.05, 3.63) is 35.4 Å². The van der Waals surface area contributed by atoms with Crippen molar-refractivity contribution in [2.24, 2.45) is 5.92 Å². The zero-order valence-electron chi connectivity index (χ0n) is 13.4. The third-order valence-corrected chi connectivity index (χ3v) is 5.36.